The van der Waals surface area contributed by atoms with Crippen molar-refractivity contribution in [2.75, 3.05) is 6.54 Å². The lowest BCUT2D eigenvalue weighted by Gasteiger charge is -2.27. The SMILES string of the molecule is CC(C)N(CCCC(=O)O)Cc1ccccc1C(F)(F)F. The second kappa shape index (κ2) is 7.45. The van der Waals surface area contributed by atoms with Crippen LogP contribution in [0.4, 0.5) is 13.2 Å². The molecule has 0 amide bonds. The molecule has 0 heterocycles. The summed E-state index contributed by atoms with van der Waals surface area (Å²) in [5.74, 6) is -0.894. The summed E-state index contributed by atoms with van der Waals surface area (Å²) >= 11 is 0. The summed E-state index contributed by atoms with van der Waals surface area (Å²) in [6, 6.07) is 5.54. The standard InChI is InChI=1S/C15H20F3NO2/c1-11(2)19(9-5-8-14(20)21)10-12-6-3-4-7-13(12)15(16,17)18/h3-4,6-7,11H,5,8-10H2,1-2H3,(H,20,21). The van der Waals surface area contributed by atoms with Crippen LogP contribution in [0.5, 0.6) is 0 Å². The van der Waals surface area contributed by atoms with Gasteiger partial charge in [-0.05, 0) is 38.4 Å². The molecule has 1 N–H and O–H groups in total. The lowest BCUT2D eigenvalue weighted by atomic mass is 10.1. The molecule has 1 aromatic carbocycles. The number of rotatable bonds is 7. The highest BCUT2D eigenvalue weighted by atomic mass is 19.4. The quantitative estimate of drug-likeness (QED) is 0.833. The molecule has 0 aromatic heterocycles. The zero-order valence-corrected chi connectivity index (χ0v) is 12.2. The first kappa shape index (κ1) is 17.5. The largest absolute Gasteiger partial charge is 0.481 e. The van der Waals surface area contributed by atoms with E-state index in [1.165, 1.54) is 12.1 Å². The fraction of sp³-hybridized carbons (Fsp3) is 0.533. The third-order valence-electron chi connectivity index (χ3n) is 3.26. The molecule has 0 unspecified atom stereocenters. The molecule has 118 valence electrons. The van der Waals surface area contributed by atoms with E-state index in [4.69, 9.17) is 5.11 Å². The second-order valence-corrected chi connectivity index (χ2v) is 5.22. The molecule has 1 aromatic rings. The van der Waals surface area contributed by atoms with Gasteiger partial charge in [-0.15, -0.1) is 0 Å². The molecule has 0 fully saturated rings. The molecule has 0 spiro atoms. The van der Waals surface area contributed by atoms with Crippen molar-refractivity contribution < 1.29 is 23.1 Å². The van der Waals surface area contributed by atoms with E-state index in [9.17, 15) is 18.0 Å². The number of halogens is 3. The smallest absolute Gasteiger partial charge is 0.416 e. The summed E-state index contributed by atoms with van der Waals surface area (Å²) in [6.45, 7) is 4.39. The van der Waals surface area contributed by atoms with Gasteiger partial charge in [0.1, 0.15) is 0 Å². The van der Waals surface area contributed by atoms with Crippen LogP contribution in [0.15, 0.2) is 24.3 Å². The number of aliphatic carboxylic acids is 1. The van der Waals surface area contributed by atoms with Crippen LogP contribution in [0.25, 0.3) is 0 Å². The first-order valence-corrected chi connectivity index (χ1v) is 6.82. The molecule has 0 saturated heterocycles. The Morgan fingerprint density at radius 2 is 1.90 bits per heavy atom. The van der Waals surface area contributed by atoms with Crippen molar-refractivity contribution in [2.24, 2.45) is 0 Å². The number of hydrogen-bond donors (Lipinski definition) is 1. The average Bonchev–Trinajstić information content (AvgIpc) is 2.36. The fourth-order valence-corrected chi connectivity index (χ4v) is 2.11. The minimum absolute atomic E-state index is 0.0180. The van der Waals surface area contributed by atoms with Gasteiger partial charge < -0.3 is 5.11 Å². The first-order valence-electron chi connectivity index (χ1n) is 6.82. The summed E-state index contributed by atoms with van der Waals surface area (Å²) < 4.78 is 38.9. The molecule has 0 atom stereocenters. The predicted molar refractivity (Wildman–Crippen MR) is 73.9 cm³/mol. The van der Waals surface area contributed by atoms with Crippen LogP contribution in [0.3, 0.4) is 0 Å². The number of benzene rings is 1. The number of carboxylic acids is 1. The molecule has 0 radical (unpaired) electrons. The summed E-state index contributed by atoms with van der Waals surface area (Å²) in [5, 5.41) is 8.64. The molecule has 6 heteroatoms. The third-order valence-corrected chi connectivity index (χ3v) is 3.26. The van der Waals surface area contributed by atoms with Gasteiger partial charge in [-0.2, -0.15) is 13.2 Å². The van der Waals surface area contributed by atoms with E-state index >= 15 is 0 Å². The summed E-state index contributed by atoms with van der Waals surface area (Å²) in [4.78, 5) is 12.4. The van der Waals surface area contributed by atoms with Gasteiger partial charge in [0.2, 0.25) is 0 Å². The lowest BCUT2D eigenvalue weighted by molar-refractivity contribution is -0.138. The Balaban J connectivity index is 2.82. The first-order chi connectivity index (χ1) is 9.71. The van der Waals surface area contributed by atoms with Crippen molar-refractivity contribution in [2.45, 2.75) is 45.5 Å². The zero-order valence-electron chi connectivity index (χ0n) is 12.2. The molecule has 0 aliphatic carbocycles. The van der Waals surface area contributed by atoms with E-state index in [0.29, 0.717) is 13.0 Å². The van der Waals surface area contributed by atoms with Gasteiger partial charge >= 0.3 is 12.1 Å². The number of hydrogen-bond acceptors (Lipinski definition) is 2. The van der Waals surface area contributed by atoms with Gasteiger partial charge in [-0.25, -0.2) is 0 Å². The predicted octanol–water partition coefficient (Wildman–Crippen LogP) is 3.78. The van der Waals surface area contributed by atoms with E-state index in [2.05, 4.69) is 0 Å². The molecule has 21 heavy (non-hydrogen) atoms. The van der Waals surface area contributed by atoms with Crippen LogP contribution in [-0.4, -0.2) is 28.6 Å². The number of carboxylic acid groups (broad SMARTS) is 1. The summed E-state index contributed by atoms with van der Waals surface area (Å²) in [6.07, 6.45) is -3.94. The molecule has 1 rings (SSSR count). The number of alkyl halides is 3. The van der Waals surface area contributed by atoms with Crippen molar-refractivity contribution in [3.05, 3.63) is 35.4 Å². The summed E-state index contributed by atoms with van der Waals surface area (Å²) in [7, 11) is 0. The highest BCUT2D eigenvalue weighted by molar-refractivity contribution is 5.66. The molecule has 0 aliphatic rings. The van der Waals surface area contributed by atoms with Crippen LogP contribution < -0.4 is 0 Å². The van der Waals surface area contributed by atoms with E-state index < -0.39 is 17.7 Å². The minimum Gasteiger partial charge on any atom is -0.481 e. The Morgan fingerprint density at radius 3 is 2.43 bits per heavy atom. The van der Waals surface area contributed by atoms with Crippen molar-refractivity contribution in [3.8, 4) is 0 Å². The maximum atomic E-state index is 13.0. The third kappa shape index (κ3) is 5.75. The van der Waals surface area contributed by atoms with Gasteiger partial charge in [0, 0.05) is 19.0 Å². The Morgan fingerprint density at radius 1 is 1.29 bits per heavy atom. The van der Waals surface area contributed by atoms with Gasteiger partial charge in [-0.3, -0.25) is 9.69 Å². The van der Waals surface area contributed by atoms with Crippen LogP contribution >= 0.6 is 0 Å². The van der Waals surface area contributed by atoms with Gasteiger partial charge in [0.15, 0.2) is 0 Å². The second-order valence-electron chi connectivity index (χ2n) is 5.22. The molecule has 0 bridgehead atoms. The normalized spacial score (nSPS) is 12.1. The van der Waals surface area contributed by atoms with Gasteiger partial charge in [-0.1, -0.05) is 18.2 Å². The maximum absolute atomic E-state index is 13.0. The van der Waals surface area contributed by atoms with Crippen molar-refractivity contribution in [3.63, 3.8) is 0 Å². The summed E-state index contributed by atoms with van der Waals surface area (Å²) in [5.41, 5.74) is -0.414. The number of carbonyl (C=O) groups is 1. The van der Waals surface area contributed by atoms with Crippen molar-refractivity contribution >= 4 is 5.97 Å². The van der Waals surface area contributed by atoms with Crippen LogP contribution in [-0.2, 0) is 17.5 Å². The fourth-order valence-electron chi connectivity index (χ4n) is 2.11. The monoisotopic (exact) mass is 303 g/mol. The number of nitrogens with zero attached hydrogens (tertiary/aromatic N) is 1. The van der Waals surface area contributed by atoms with E-state index in [1.54, 1.807) is 6.07 Å². The van der Waals surface area contributed by atoms with Crippen LogP contribution in [0, 0.1) is 0 Å². The molecular weight excluding hydrogens is 283 g/mol. The Labute approximate surface area is 122 Å². The highest BCUT2D eigenvalue weighted by Crippen LogP contribution is 2.32. The Bertz CT molecular complexity index is 472. The Hall–Kier alpha value is -1.56. The van der Waals surface area contributed by atoms with Crippen molar-refractivity contribution in [1.82, 2.24) is 4.90 Å². The minimum atomic E-state index is -4.37. The van der Waals surface area contributed by atoms with E-state index in [1.807, 2.05) is 18.7 Å². The maximum Gasteiger partial charge on any atom is 0.416 e. The highest BCUT2D eigenvalue weighted by Gasteiger charge is 2.33. The average molecular weight is 303 g/mol. The van der Waals surface area contributed by atoms with Gasteiger partial charge in [0.25, 0.3) is 0 Å². The van der Waals surface area contributed by atoms with Gasteiger partial charge in [0.05, 0.1) is 5.56 Å². The molecular formula is C15H20F3NO2. The molecule has 0 aliphatic heterocycles. The Kier molecular flexibility index (Phi) is 6.20. The molecule has 0 saturated carbocycles. The zero-order chi connectivity index (χ0) is 16.0. The van der Waals surface area contributed by atoms with Crippen molar-refractivity contribution in [1.29, 1.82) is 0 Å². The molecule has 3 nitrogen and oxygen atoms in total. The van der Waals surface area contributed by atoms with Crippen LogP contribution in [0.1, 0.15) is 37.8 Å². The topological polar surface area (TPSA) is 40.5 Å². The van der Waals surface area contributed by atoms with E-state index in [-0.39, 0.29) is 24.6 Å². The van der Waals surface area contributed by atoms with Crippen LogP contribution in [0.2, 0.25) is 0 Å². The van der Waals surface area contributed by atoms with E-state index in [0.717, 1.165) is 6.07 Å². The lowest BCUT2D eigenvalue weighted by Crippen LogP contribution is -2.32.